The van der Waals surface area contributed by atoms with Gasteiger partial charge in [-0.25, -0.2) is 0 Å². The zero-order valence-electron chi connectivity index (χ0n) is 10.3. The Hall–Kier alpha value is -1.55. The number of nitrogens with two attached hydrogens (primary N) is 1. The molecule has 4 N–H and O–H groups in total. The van der Waals surface area contributed by atoms with Crippen LogP contribution in [0.2, 0.25) is 0 Å². The standard InChI is InChI=1S/C13H20N2O2/c1-9(2)7-13(17)15-8-12(16)10-3-5-11(14)6-4-10/h3-6,9,12,16H,7-8,14H2,1-2H3,(H,15,17). The van der Waals surface area contributed by atoms with Crippen LogP contribution in [0.5, 0.6) is 0 Å². The van der Waals surface area contributed by atoms with Gasteiger partial charge in [0.2, 0.25) is 5.91 Å². The Morgan fingerprint density at radius 2 is 1.94 bits per heavy atom. The maximum atomic E-state index is 11.4. The van der Waals surface area contributed by atoms with Gasteiger partial charge in [-0.15, -0.1) is 0 Å². The zero-order valence-corrected chi connectivity index (χ0v) is 10.3. The van der Waals surface area contributed by atoms with Crippen LogP contribution >= 0.6 is 0 Å². The van der Waals surface area contributed by atoms with Crippen LogP contribution < -0.4 is 11.1 Å². The van der Waals surface area contributed by atoms with Crippen molar-refractivity contribution in [2.75, 3.05) is 12.3 Å². The first-order valence-corrected chi connectivity index (χ1v) is 5.79. The SMILES string of the molecule is CC(C)CC(=O)NCC(O)c1ccc(N)cc1. The number of aliphatic hydroxyl groups excluding tert-OH is 1. The second kappa shape index (κ2) is 6.25. The zero-order chi connectivity index (χ0) is 12.8. The molecule has 1 aromatic rings. The maximum Gasteiger partial charge on any atom is 0.220 e. The van der Waals surface area contributed by atoms with E-state index >= 15 is 0 Å². The average Bonchev–Trinajstić information content (AvgIpc) is 2.26. The third kappa shape index (κ3) is 4.87. The minimum absolute atomic E-state index is 0.0329. The van der Waals surface area contributed by atoms with Crippen LogP contribution in [0.25, 0.3) is 0 Å². The summed E-state index contributed by atoms with van der Waals surface area (Å²) >= 11 is 0. The molecular weight excluding hydrogens is 216 g/mol. The van der Waals surface area contributed by atoms with Crippen molar-refractivity contribution in [2.24, 2.45) is 5.92 Å². The molecule has 1 atom stereocenters. The minimum atomic E-state index is -0.688. The molecular formula is C13H20N2O2. The van der Waals surface area contributed by atoms with Crippen LogP contribution in [0.1, 0.15) is 31.9 Å². The van der Waals surface area contributed by atoms with Gasteiger partial charge in [-0.1, -0.05) is 26.0 Å². The first kappa shape index (κ1) is 13.5. The highest BCUT2D eigenvalue weighted by atomic mass is 16.3. The van der Waals surface area contributed by atoms with E-state index in [2.05, 4.69) is 5.32 Å². The van der Waals surface area contributed by atoms with Crippen LogP contribution in [0.3, 0.4) is 0 Å². The quantitative estimate of drug-likeness (QED) is 0.677. The van der Waals surface area contributed by atoms with Gasteiger partial charge in [-0.3, -0.25) is 4.79 Å². The van der Waals surface area contributed by atoms with E-state index in [1.165, 1.54) is 0 Å². The van der Waals surface area contributed by atoms with Gasteiger partial charge in [-0.2, -0.15) is 0 Å². The lowest BCUT2D eigenvalue weighted by Gasteiger charge is -2.13. The van der Waals surface area contributed by atoms with Gasteiger partial charge in [0.15, 0.2) is 0 Å². The molecule has 0 saturated carbocycles. The molecule has 4 heteroatoms. The molecule has 1 aromatic carbocycles. The molecule has 0 heterocycles. The van der Waals surface area contributed by atoms with Crippen LogP contribution in [0, 0.1) is 5.92 Å². The summed E-state index contributed by atoms with van der Waals surface area (Å²) in [5.74, 6) is 0.290. The first-order valence-electron chi connectivity index (χ1n) is 5.79. The van der Waals surface area contributed by atoms with Crippen LogP contribution in [0.15, 0.2) is 24.3 Å². The van der Waals surface area contributed by atoms with Crippen molar-refractivity contribution in [1.82, 2.24) is 5.32 Å². The van der Waals surface area contributed by atoms with E-state index in [0.717, 1.165) is 5.56 Å². The van der Waals surface area contributed by atoms with E-state index in [-0.39, 0.29) is 12.5 Å². The Labute approximate surface area is 102 Å². The highest BCUT2D eigenvalue weighted by Gasteiger charge is 2.10. The van der Waals surface area contributed by atoms with E-state index in [0.29, 0.717) is 18.0 Å². The molecule has 1 unspecified atom stereocenters. The lowest BCUT2D eigenvalue weighted by atomic mass is 10.1. The molecule has 0 aliphatic heterocycles. The van der Waals surface area contributed by atoms with Crippen molar-refractivity contribution >= 4 is 11.6 Å². The Morgan fingerprint density at radius 1 is 1.35 bits per heavy atom. The summed E-state index contributed by atoms with van der Waals surface area (Å²) in [5.41, 5.74) is 6.96. The lowest BCUT2D eigenvalue weighted by Crippen LogP contribution is -2.29. The Morgan fingerprint density at radius 3 is 2.47 bits per heavy atom. The first-order chi connectivity index (χ1) is 7.99. The molecule has 0 saturated heterocycles. The summed E-state index contributed by atoms with van der Waals surface area (Å²) in [4.78, 5) is 11.4. The molecule has 94 valence electrons. The molecule has 0 aliphatic carbocycles. The highest BCUT2D eigenvalue weighted by Crippen LogP contribution is 2.13. The number of anilines is 1. The number of amides is 1. The van der Waals surface area contributed by atoms with Crippen molar-refractivity contribution < 1.29 is 9.90 Å². The number of benzene rings is 1. The number of nitrogen functional groups attached to an aromatic ring is 1. The van der Waals surface area contributed by atoms with E-state index in [1.54, 1.807) is 24.3 Å². The average molecular weight is 236 g/mol. The number of hydrogen-bond donors (Lipinski definition) is 3. The van der Waals surface area contributed by atoms with Crippen LogP contribution in [0.4, 0.5) is 5.69 Å². The van der Waals surface area contributed by atoms with Gasteiger partial charge in [0.1, 0.15) is 0 Å². The Kier molecular flexibility index (Phi) is 4.97. The van der Waals surface area contributed by atoms with Crippen molar-refractivity contribution in [3.63, 3.8) is 0 Å². The summed E-state index contributed by atoms with van der Waals surface area (Å²) in [6.07, 6.45) is -0.208. The summed E-state index contributed by atoms with van der Waals surface area (Å²) in [6, 6.07) is 6.98. The van der Waals surface area contributed by atoms with Gasteiger partial charge in [-0.05, 0) is 23.6 Å². The molecule has 0 aromatic heterocycles. The van der Waals surface area contributed by atoms with E-state index in [9.17, 15) is 9.90 Å². The predicted molar refractivity (Wildman–Crippen MR) is 68.3 cm³/mol. The van der Waals surface area contributed by atoms with Gasteiger partial charge in [0.25, 0.3) is 0 Å². The second-order valence-electron chi connectivity index (χ2n) is 4.58. The number of aliphatic hydroxyl groups is 1. The lowest BCUT2D eigenvalue weighted by molar-refractivity contribution is -0.122. The molecule has 1 rings (SSSR count). The summed E-state index contributed by atoms with van der Waals surface area (Å²) in [5, 5.41) is 12.5. The topological polar surface area (TPSA) is 75.3 Å². The van der Waals surface area contributed by atoms with Gasteiger partial charge in [0, 0.05) is 18.7 Å². The molecule has 0 fully saturated rings. The number of carbonyl (C=O) groups is 1. The highest BCUT2D eigenvalue weighted by molar-refractivity contribution is 5.76. The van der Waals surface area contributed by atoms with Crippen LogP contribution in [-0.2, 0) is 4.79 Å². The van der Waals surface area contributed by atoms with Gasteiger partial charge < -0.3 is 16.2 Å². The third-order valence-electron chi connectivity index (χ3n) is 2.41. The van der Waals surface area contributed by atoms with E-state index < -0.39 is 6.10 Å². The monoisotopic (exact) mass is 236 g/mol. The van der Waals surface area contributed by atoms with Crippen LogP contribution in [-0.4, -0.2) is 17.6 Å². The molecule has 17 heavy (non-hydrogen) atoms. The second-order valence-corrected chi connectivity index (χ2v) is 4.58. The summed E-state index contributed by atoms with van der Waals surface area (Å²) < 4.78 is 0. The Balaban J connectivity index is 2.42. The fourth-order valence-corrected chi connectivity index (χ4v) is 1.49. The smallest absolute Gasteiger partial charge is 0.220 e. The van der Waals surface area contributed by atoms with Crippen molar-refractivity contribution in [2.45, 2.75) is 26.4 Å². The molecule has 0 spiro atoms. The van der Waals surface area contributed by atoms with Gasteiger partial charge in [0.05, 0.1) is 6.10 Å². The van der Waals surface area contributed by atoms with Crippen molar-refractivity contribution in [1.29, 1.82) is 0 Å². The molecule has 1 amide bonds. The molecule has 4 nitrogen and oxygen atoms in total. The van der Waals surface area contributed by atoms with E-state index in [1.807, 2.05) is 13.8 Å². The molecule has 0 radical (unpaired) electrons. The summed E-state index contributed by atoms with van der Waals surface area (Å²) in [6.45, 7) is 4.20. The number of rotatable bonds is 5. The maximum absolute atomic E-state index is 11.4. The Bertz CT molecular complexity index is 360. The van der Waals surface area contributed by atoms with Crippen molar-refractivity contribution in [3.8, 4) is 0 Å². The molecule has 0 aliphatic rings. The predicted octanol–water partition coefficient (Wildman–Crippen LogP) is 1.46. The number of hydrogen-bond acceptors (Lipinski definition) is 3. The normalized spacial score (nSPS) is 12.5. The number of carbonyl (C=O) groups excluding carboxylic acids is 1. The molecule has 0 bridgehead atoms. The minimum Gasteiger partial charge on any atom is -0.399 e. The van der Waals surface area contributed by atoms with Crippen molar-refractivity contribution in [3.05, 3.63) is 29.8 Å². The van der Waals surface area contributed by atoms with Gasteiger partial charge >= 0.3 is 0 Å². The fourth-order valence-electron chi connectivity index (χ4n) is 1.49. The van der Waals surface area contributed by atoms with E-state index in [4.69, 9.17) is 5.73 Å². The fraction of sp³-hybridized carbons (Fsp3) is 0.462. The third-order valence-corrected chi connectivity index (χ3v) is 2.41. The summed E-state index contributed by atoms with van der Waals surface area (Å²) in [7, 11) is 0. The largest absolute Gasteiger partial charge is 0.399 e. The number of nitrogens with one attached hydrogen (secondary N) is 1.